The van der Waals surface area contributed by atoms with Gasteiger partial charge in [0.05, 0.1) is 16.7 Å². The van der Waals surface area contributed by atoms with E-state index in [1.54, 1.807) is 0 Å². The van der Waals surface area contributed by atoms with E-state index in [1.807, 2.05) is 6.92 Å². The lowest BCUT2D eigenvalue weighted by Crippen LogP contribution is -2.04. The third-order valence-electron chi connectivity index (χ3n) is 1.26. The minimum Gasteiger partial charge on any atom is -0.228 e. The first kappa shape index (κ1) is 17.9. The van der Waals surface area contributed by atoms with Crippen LogP contribution in [0.4, 0.5) is 0 Å². The van der Waals surface area contributed by atoms with Crippen molar-refractivity contribution in [3.8, 4) is 0 Å². The molecule has 0 aliphatic heterocycles. The lowest BCUT2D eigenvalue weighted by Gasteiger charge is -1.93. The SMILES string of the molecule is C=CS(=O)(=O)CP.CCCS(=O)(=O)CP. The van der Waals surface area contributed by atoms with Crippen molar-refractivity contribution in [2.45, 2.75) is 13.3 Å². The number of rotatable bonds is 5. The van der Waals surface area contributed by atoms with Gasteiger partial charge >= 0.3 is 0 Å². The molecule has 0 amide bonds. The molecule has 0 N–H and O–H groups in total. The van der Waals surface area contributed by atoms with Crippen LogP contribution in [-0.4, -0.2) is 33.6 Å². The highest BCUT2D eigenvalue weighted by Gasteiger charge is 2.02. The van der Waals surface area contributed by atoms with Gasteiger partial charge in [0.15, 0.2) is 19.7 Å². The van der Waals surface area contributed by atoms with Crippen LogP contribution in [0.25, 0.3) is 0 Å². The highest BCUT2D eigenvalue weighted by molar-refractivity contribution is 7.97. The highest BCUT2D eigenvalue weighted by Crippen LogP contribution is 1.97. The first-order chi connectivity index (χ1) is 6.74. The van der Waals surface area contributed by atoms with Crippen molar-refractivity contribution in [2.75, 3.05) is 16.7 Å². The van der Waals surface area contributed by atoms with Gasteiger partial charge in [0.25, 0.3) is 0 Å². The first-order valence-corrected chi connectivity index (χ1v) is 9.37. The fraction of sp³-hybridized carbons (Fsp3) is 0.714. The van der Waals surface area contributed by atoms with Crippen LogP contribution in [0.2, 0.25) is 0 Å². The molecule has 0 aliphatic rings. The molecule has 2 unspecified atom stereocenters. The third-order valence-corrected chi connectivity index (χ3v) is 6.68. The second kappa shape index (κ2) is 8.63. The molecular weight excluding hydrogens is 274 g/mol. The Morgan fingerprint density at radius 3 is 1.67 bits per heavy atom. The number of hydrogen-bond acceptors (Lipinski definition) is 4. The molecule has 0 saturated carbocycles. The normalized spacial score (nSPS) is 11.4. The van der Waals surface area contributed by atoms with Gasteiger partial charge in [-0.2, -0.15) is 0 Å². The monoisotopic (exact) mass is 292 g/mol. The summed E-state index contributed by atoms with van der Waals surface area (Å²) in [6.45, 7) is 4.96. The van der Waals surface area contributed by atoms with Gasteiger partial charge in [-0.05, 0) is 6.42 Å². The summed E-state index contributed by atoms with van der Waals surface area (Å²) in [6.07, 6.45) is 0.719. The van der Waals surface area contributed by atoms with Gasteiger partial charge in [0.1, 0.15) is 0 Å². The van der Waals surface area contributed by atoms with E-state index in [0.717, 1.165) is 11.8 Å². The molecule has 0 saturated heterocycles. The van der Waals surface area contributed by atoms with Crippen molar-refractivity contribution in [1.29, 1.82) is 0 Å². The Morgan fingerprint density at radius 1 is 1.13 bits per heavy atom. The zero-order valence-electron chi connectivity index (χ0n) is 8.72. The fourth-order valence-corrected chi connectivity index (χ4v) is 2.30. The van der Waals surface area contributed by atoms with Gasteiger partial charge in [-0.3, -0.25) is 0 Å². The van der Waals surface area contributed by atoms with E-state index in [1.165, 1.54) is 0 Å². The zero-order chi connectivity index (χ0) is 12.5. The average Bonchev–Trinajstić information content (AvgIpc) is 2.19. The van der Waals surface area contributed by atoms with Crippen molar-refractivity contribution in [2.24, 2.45) is 0 Å². The minimum absolute atomic E-state index is 0.0660. The largest absolute Gasteiger partial charge is 0.228 e. The number of sulfone groups is 2. The van der Waals surface area contributed by atoms with Crippen LogP contribution >= 0.6 is 18.5 Å². The third kappa shape index (κ3) is 12.4. The predicted molar refractivity (Wildman–Crippen MR) is 72.3 cm³/mol. The molecule has 0 aromatic carbocycles. The lowest BCUT2D eigenvalue weighted by atomic mass is 10.6. The molecule has 0 heterocycles. The van der Waals surface area contributed by atoms with Gasteiger partial charge < -0.3 is 0 Å². The van der Waals surface area contributed by atoms with Crippen LogP contribution in [0.5, 0.6) is 0 Å². The Hall–Kier alpha value is 0.500. The molecule has 92 valence electrons. The van der Waals surface area contributed by atoms with Crippen molar-refractivity contribution in [3.63, 3.8) is 0 Å². The Labute approximate surface area is 97.2 Å². The summed E-state index contributed by atoms with van der Waals surface area (Å²) in [5.41, 5.74) is 0.261. The minimum atomic E-state index is -2.93. The van der Waals surface area contributed by atoms with Crippen LogP contribution in [0.15, 0.2) is 12.0 Å². The molecular formula is C7H18O4P2S2. The van der Waals surface area contributed by atoms with Crippen LogP contribution in [0.1, 0.15) is 13.3 Å². The van der Waals surface area contributed by atoms with Crippen molar-refractivity contribution < 1.29 is 16.8 Å². The second-order valence-corrected chi connectivity index (χ2v) is 8.83. The number of hydrogen-bond donors (Lipinski definition) is 0. The summed E-state index contributed by atoms with van der Waals surface area (Å²) in [6, 6.07) is 0. The smallest absolute Gasteiger partial charge is 0.174 e. The topological polar surface area (TPSA) is 68.3 Å². The molecule has 8 heteroatoms. The maximum atomic E-state index is 10.6. The van der Waals surface area contributed by atoms with E-state index >= 15 is 0 Å². The van der Waals surface area contributed by atoms with Gasteiger partial charge in [-0.25, -0.2) is 16.8 Å². The molecule has 0 radical (unpaired) electrons. The Morgan fingerprint density at radius 2 is 1.60 bits per heavy atom. The lowest BCUT2D eigenvalue weighted by molar-refractivity contribution is 0.599. The van der Waals surface area contributed by atoms with Crippen LogP contribution in [0.3, 0.4) is 0 Å². The van der Waals surface area contributed by atoms with Crippen LogP contribution < -0.4 is 0 Å². The fourth-order valence-electron chi connectivity index (χ4n) is 0.462. The summed E-state index contributed by atoms with van der Waals surface area (Å²) in [5.74, 6) is 0.316. The molecule has 2 atom stereocenters. The molecule has 0 rings (SSSR count). The van der Waals surface area contributed by atoms with Gasteiger partial charge in [-0.1, -0.05) is 13.5 Å². The first-order valence-electron chi connectivity index (χ1n) is 4.20. The van der Waals surface area contributed by atoms with E-state index in [2.05, 4.69) is 25.1 Å². The van der Waals surface area contributed by atoms with Crippen LogP contribution in [-0.2, 0) is 19.7 Å². The van der Waals surface area contributed by atoms with Gasteiger partial charge in [0, 0.05) is 5.41 Å². The molecule has 4 nitrogen and oxygen atoms in total. The van der Waals surface area contributed by atoms with E-state index in [0.29, 0.717) is 5.75 Å². The Balaban J connectivity index is 0. The quantitative estimate of drug-likeness (QED) is 0.710. The maximum Gasteiger partial charge on any atom is 0.174 e. The van der Waals surface area contributed by atoms with E-state index in [-0.39, 0.29) is 11.0 Å². The molecule has 15 heavy (non-hydrogen) atoms. The highest BCUT2D eigenvalue weighted by atomic mass is 32.2. The molecule has 0 aromatic heterocycles. The molecule has 0 aliphatic carbocycles. The molecule has 0 spiro atoms. The summed E-state index contributed by atoms with van der Waals surface area (Å²) >= 11 is 0. The average molecular weight is 292 g/mol. The van der Waals surface area contributed by atoms with Crippen molar-refractivity contribution >= 4 is 38.2 Å². The van der Waals surface area contributed by atoms with Crippen molar-refractivity contribution in [3.05, 3.63) is 12.0 Å². The second-order valence-electron chi connectivity index (χ2n) is 2.61. The van der Waals surface area contributed by atoms with E-state index < -0.39 is 19.7 Å². The molecule has 0 fully saturated rings. The van der Waals surface area contributed by atoms with Gasteiger partial charge in [-0.15, -0.1) is 18.5 Å². The van der Waals surface area contributed by atoms with E-state index in [4.69, 9.17) is 0 Å². The maximum absolute atomic E-state index is 10.6. The summed E-state index contributed by atoms with van der Waals surface area (Å²) in [7, 11) is -1.32. The molecule has 0 bridgehead atoms. The standard InChI is InChI=1S/C4H11O2PS.C3H7O2PS/c1-2-3-8(5,6)4-7;1-2-7(4,5)3-6/h2-4,7H2,1H3;2H,1,3,6H2. The Bertz CT molecular complexity index is 358. The predicted octanol–water partition coefficient (Wildman–Crippen LogP) is 1.02. The Kier molecular flexibility index (Phi) is 10.3. The summed E-state index contributed by atoms with van der Waals surface area (Å²) in [5, 5.41) is 0.944. The van der Waals surface area contributed by atoms with E-state index in [9.17, 15) is 16.8 Å². The molecule has 0 aromatic rings. The zero-order valence-corrected chi connectivity index (χ0v) is 12.7. The van der Waals surface area contributed by atoms with Crippen molar-refractivity contribution in [1.82, 2.24) is 0 Å². The summed E-state index contributed by atoms with van der Waals surface area (Å²) < 4.78 is 41.6. The van der Waals surface area contributed by atoms with Crippen LogP contribution in [0, 0.1) is 0 Å². The van der Waals surface area contributed by atoms with Gasteiger partial charge in [0.2, 0.25) is 0 Å². The summed E-state index contributed by atoms with van der Waals surface area (Å²) in [4.78, 5) is 0.